The van der Waals surface area contributed by atoms with Crippen molar-refractivity contribution in [2.45, 2.75) is 33.0 Å². The average Bonchev–Trinajstić information content (AvgIpc) is 2.46. The predicted octanol–water partition coefficient (Wildman–Crippen LogP) is 2.99. The molecule has 0 aromatic heterocycles. The van der Waals surface area contributed by atoms with E-state index >= 15 is 0 Å². The number of hydrogen-bond donors (Lipinski definition) is 1. The maximum atomic E-state index is 5.82. The van der Waals surface area contributed by atoms with E-state index in [0.717, 1.165) is 30.1 Å². The normalized spacial score (nSPS) is 25.0. The summed E-state index contributed by atoms with van der Waals surface area (Å²) in [4.78, 5) is 2.41. The Morgan fingerprint density at radius 3 is 2.55 bits per heavy atom. The van der Waals surface area contributed by atoms with Crippen LogP contribution in [0.5, 0.6) is 0 Å². The topological polar surface area (TPSA) is 36.9 Å². The fraction of sp³-hybridized carbons (Fsp3) is 0.389. The van der Waals surface area contributed by atoms with E-state index in [0.29, 0.717) is 0 Å². The van der Waals surface area contributed by atoms with Crippen LogP contribution in [0.25, 0.3) is 0 Å². The van der Waals surface area contributed by atoms with Crippen molar-refractivity contribution in [3.05, 3.63) is 53.8 Å². The van der Waals surface area contributed by atoms with Crippen molar-refractivity contribution in [2.75, 3.05) is 18.0 Å². The first-order valence-electron chi connectivity index (χ1n) is 7.75. The molecular weight excluding hydrogens is 274 g/mol. The maximum absolute atomic E-state index is 5.82. The Morgan fingerprint density at radius 1 is 1.23 bits per heavy atom. The molecule has 0 spiro atoms. The molecule has 1 aromatic carbocycles. The summed E-state index contributed by atoms with van der Waals surface area (Å²) in [6, 6.07) is 6.51. The van der Waals surface area contributed by atoms with E-state index in [1.54, 1.807) is 0 Å². The number of hydrogen-bond acceptors (Lipinski definition) is 4. The first kappa shape index (κ1) is 14.9. The Kier molecular flexibility index (Phi) is 4.03. The Bertz CT molecular complexity index is 638. The van der Waals surface area contributed by atoms with E-state index in [-0.39, 0.29) is 12.2 Å². The van der Waals surface area contributed by atoms with Gasteiger partial charge >= 0.3 is 0 Å². The lowest BCUT2D eigenvalue weighted by Crippen LogP contribution is -2.45. The molecule has 1 aromatic rings. The van der Waals surface area contributed by atoms with Crippen LogP contribution in [0.3, 0.4) is 0 Å². The Morgan fingerprint density at radius 2 is 1.95 bits per heavy atom. The van der Waals surface area contributed by atoms with Crippen LogP contribution in [-0.2, 0) is 4.74 Å². The Labute approximate surface area is 132 Å². The molecule has 0 unspecified atom stereocenters. The Hall–Kier alpha value is -2.07. The first-order valence-corrected chi connectivity index (χ1v) is 7.75. The molecule has 1 fully saturated rings. The van der Waals surface area contributed by atoms with Crippen LogP contribution in [0.2, 0.25) is 0 Å². The SMILES string of the molecule is C=C1C=CC(c2ccc(N3C[C@@H](C)O[C@@H](C)C3)c(C)c2)=NN1. The van der Waals surface area contributed by atoms with E-state index < -0.39 is 0 Å². The zero-order valence-electron chi connectivity index (χ0n) is 13.5. The van der Waals surface area contributed by atoms with Gasteiger partial charge in [-0.2, -0.15) is 5.10 Å². The summed E-state index contributed by atoms with van der Waals surface area (Å²) in [7, 11) is 0. The number of morpholine rings is 1. The second-order valence-corrected chi connectivity index (χ2v) is 6.13. The van der Waals surface area contributed by atoms with Crippen LogP contribution in [-0.4, -0.2) is 31.0 Å². The van der Waals surface area contributed by atoms with Crippen LogP contribution < -0.4 is 10.3 Å². The summed E-state index contributed by atoms with van der Waals surface area (Å²) < 4.78 is 5.82. The molecule has 2 atom stereocenters. The lowest BCUT2D eigenvalue weighted by Gasteiger charge is -2.37. The number of aryl methyl sites for hydroxylation is 1. The quantitative estimate of drug-likeness (QED) is 0.912. The van der Waals surface area contributed by atoms with Gasteiger partial charge in [0.25, 0.3) is 0 Å². The molecule has 2 aliphatic heterocycles. The van der Waals surface area contributed by atoms with Gasteiger partial charge in [-0.15, -0.1) is 0 Å². The van der Waals surface area contributed by atoms with Crippen molar-refractivity contribution >= 4 is 11.4 Å². The minimum atomic E-state index is 0.267. The highest BCUT2D eigenvalue weighted by Gasteiger charge is 2.23. The fourth-order valence-corrected chi connectivity index (χ4v) is 3.09. The standard InChI is InChI=1S/C18H23N3O/c1-12-9-16(17-7-5-13(2)19-20-17)6-8-18(12)21-10-14(3)22-15(4)11-21/h5-9,14-15,19H,2,10-11H2,1,3-4H3/t14-,15+. The smallest absolute Gasteiger partial charge is 0.0906 e. The lowest BCUT2D eigenvalue weighted by molar-refractivity contribution is -0.00524. The molecular formula is C18H23N3O. The van der Waals surface area contributed by atoms with Gasteiger partial charge in [0.1, 0.15) is 0 Å². The van der Waals surface area contributed by atoms with Crippen molar-refractivity contribution in [1.29, 1.82) is 0 Å². The first-order chi connectivity index (χ1) is 10.5. The number of nitrogens with zero attached hydrogens (tertiary/aromatic N) is 2. The van der Waals surface area contributed by atoms with E-state index in [4.69, 9.17) is 4.74 Å². The molecule has 0 saturated carbocycles. The zero-order valence-corrected chi connectivity index (χ0v) is 13.5. The monoisotopic (exact) mass is 297 g/mol. The third-order valence-electron chi connectivity index (χ3n) is 4.02. The minimum Gasteiger partial charge on any atom is -0.372 e. The van der Waals surface area contributed by atoms with E-state index in [2.05, 4.69) is 61.0 Å². The molecule has 4 heteroatoms. The summed E-state index contributed by atoms with van der Waals surface area (Å²) in [6.07, 6.45) is 4.47. The molecule has 116 valence electrons. The summed E-state index contributed by atoms with van der Waals surface area (Å²) >= 11 is 0. The van der Waals surface area contributed by atoms with Gasteiger partial charge in [-0.1, -0.05) is 12.6 Å². The molecule has 0 amide bonds. The molecule has 3 rings (SSSR count). The van der Waals surface area contributed by atoms with Crippen molar-refractivity contribution < 1.29 is 4.74 Å². The molecule has 0 radical (unpaired) electrons. The van der Waals surface area contributed by atoms with Crippen molar-refractivity contribution in [2.24, 2.45) is 5.10 Å². The number of ether oxygens (including phenoxy) is 1. The summed E-state index contributed by atoms with van der Waals surface area (Å²) in [5, 5.41) is 4.33. The van der Waals surface area contributed by atoms with Gasteiger partial charge in [0, 0.05) is 30.0 Å². The van der Waals surface area contributed by atoms with Gasteiger partial charge in [0.2, 0.25) is 0 Å². The van der Waals surface area contributed by atoms with Crippen LogP contribution in [0.4, 0.5) is 5.69 Å². The minimum absolute atomic E-state index is 0.267. The number of anilines is 1. The van der Waals surface area contributed by atoms with Crippen LogP contribution in [0, 0.1) is 6.92 Å². The molecule has 2 aliphatic rings. The molecule has 22 heavy (non-hydrogen) atoms. The van der Waals surface area contributed by atoms with Gasteiger partial charge in [0.15, 0.2) is 0 Å². The van der Waals surface area contributed by atoms with E-state index in [9.17, 15) is 0 Å². The van der Waals surface area contributed by atoms with Gasteiger partial charge in [0.05, 0.1) is 17.9 Å². The molecule has 2 heterocycles. The van der Waals surface area contributed by atoms with Crippen LogP contribution in [0.15, 0.2) is 47.7 Å². The highest BCUT2D eigenvalue weighted by molar-refractivity contribution is 6.09. The van der Waals surface area contributed by atoms with Gasteiger partial charge in [-0.05, 0) is 50.6 Å². The number of allylic oxidation sites excluding steroid dienone is 2. The number of rotatable bonds is 2. The van der Waals surface area contributed by atoms with Gasteiger partial charge in [-0.25, -0.2) is 0 Å². The highest BCUT2D eigenvalue weighted by atomic mass is 16.5. The molecule has 1 saturated heterocycles. The molecule has 0 bridgehead atoms. The lowest BCUT2D eigenvalue weighted by atomic mass is 10.0. The van der Waals surface area contributed by atoms with Crippen molar-refractivity contribution in [3.8, 4) is 0 Å². The maximum Gasteiger partial charge on any atom is 0.0906 e. The van der Waals surface area contributed by atoms with Crippen molar-refractivity contribution in [3.63, 3.8) is 0 Å². The largest absolute Gasteiger partial charge is 0.372 e. The third kappa shape index (κ3) is 3.07. The summed E-state index contributed by atoms with van der Waals surface area (Å²) in [5.74, 6) is 0. The zero-order chi connectivity index (χ0) is 15.7. The number of hydrazone groups is 1. The summed E-state index contributed by atoms with van der Waals surface area (Å²) in [5.41, 5.74) is 8.33. The van der Waals surface area contributed by atoms with E-state index in [1.807, 2.05) is 12.2 Å². The Balaban J connectivity index is 1.83. The van der Waals surface area contributed by atoms with Gasteiger partial charge < -0.3 is 9.64 Å². The second-order valence-electron chi connectivity index (χ2n) is 6.13. The predicted molar refractivity (Wildman–Crippen MR) is 91.4 cm³/mol. The summed E-state index contributed by atoms with van der Waals surface area (Å²) in [6.45, 7) is 12.1. The molecule has 4 nitrogen and oxygen atoms in total. The van der Waals surface area contributed by atoms with Crippen LogP contribution >= 0.6 is 0 Å². The van der Waals surface area contributed by atoms with E-state index in [1.165, 1.54) is 11.3 Å². The second kappa shape index (κ2) is 5.97. The fourth-order valence-electron chi connectivity index (χ4n) is 3.09. The molecule has 0 aliphatic carbocycles. The van der Waals surface area contributed by atoms with Crippen molar-refractivity contribution in [1.82, 2.24) is 5.43 Å². The highest BCUT2D eigenvalue weighted by Crippen LogP contribution is 2.25. The van der Waals surface area contributed by atoms with Crippen LogP contribution in [0.1, 0.15) is 25.0 Å². The third-order valence-corrected chi connectivity index (χ3v) is 4.02. The van der Waals surface area contributed by atoms with Gasteiger partial charge in [-0.3, -0.25) is 5.43 Å². The molecule has 1 N–H and O–H groups in total. The number of benzene rings is 1. The number of nitrogens with one attached hydrogen (secondary N) is 1. The average molecular weight is 297 g/mol.